The second-order valence-electron chi connectivity index (χ2n) is 3.22. The fourth-order valence-corrected chi connectivity index (χ4v) is 1.38. The fourth-order valence-electron chi connectivity index (χ4n) is 1.38. The van der Waals surface area contributed by atoms with E-state index in [0.717, 1.165) is 0 Å². The van der Waals surface area contributed by atoms with Crippen molar-refractivity contribution in [2.45, 2.75) is 13.2 Å². The highest BCUT2D eigenvalue weighted by Gasteiger charge is 2.15. The summed E-state index contributed by atoms with van der Waals surface area (Å²) in [5.41, 5.74) is 0.643. The summed E-state index contributed by atoms with van der Waals surface area (Å²) in [5.74, 6) is -1.22. The van der Waals surface area contributed by atoms with E-state index >= 15 is 0 Å². The van der Waals surface area contributed by atoms with Crippen molar-refractivity contribution in [2.24, 2.45) is 0 Å². The number of carboxylic acid groups (broad SMARTS) is 1. The summed E-state index contributed by atoms with van der Waals surface area (Å²) in [6, 6.07) is 1.46. The van der Waals surface area contributed by atoms with E-state index in [4.69, 9.17) is 9.84 Å². The molecule has 16 heavy (non-hydrogen) atoms. The predicted molar refractivity (Wildman–Crippen MR) is 56.2 cm³/mol. The Morgan fingerprint density at radius 3 is 2.75 bits per heavy atom. The van der Waals surface area contributed by atoms with E-state index in [-0.39, 0.29) is 24.6 Å². The van der Waals surface area contributed by atoms with Crippen LogP contribution < -0.4 is 5.32 Å². The number of amides is 1. The van der Waals surface area contributed by atoms with E-state index in [1.54, 1.807) is 10.8 Å². The molecule has 1 aromatic rings. The molecule has 0 radical (unpaired) electrons. The van der Waals surface area contributed by atoms with Gasteiger partial charge in [-0.25, -0.2) is 4.79 Å². The molecule has 0 spiro atoms. The summed E-state index contributed by atoms with van der Waals surface area (Å²) in [5, 5.41) is 11.4. The molecule has 88 valence electrons. The minimum atomic E-state index is -1.03. The van der Waals surface area contributed by atoms with Gasteiger partial charge in [0.15, 0.2) is 0 Å². The van der Waals surface area contributed by atoms with Gasteiger partial charge in [-0.15, -0.1) is 0 Å². The maximum atomic E-state index is 11.2. The second kappa shape index (κ2) is 5.32. The summed E-state index contributed by atoms with van der Waals surface area (Å²) < 4.78 is 6.48. The largest absolute Gasteiger partial charge is 0.478 e. The zero-order valence-electron chi connectivity index (χ0n) is 9.19. The van der Waals surface area contributed by atoms with Crippen LogP contribution in [0.2, 0.25) is 0 Å². The highest BCUT2D eigenvalue weighted by molar-refractivity contribution is 5.89. The SMILES string of the molecule is CNC(=O)Cn1ccc(C(=O)O)c1COC. The molecule has 0 aliphatic rings. The van der Waals surface area contributed by atoms with Crippen molar-refractivity contribution in [1.29, 1.82) is 0 Å². The Bertz CT molecular complexity index is 398. The van der Waals surface area contributed by atoms with Crippen molar-refractivity contribution in [2.75, 3.05) is 14.2 Å². The minimum Gasteiger partial charge on any atom is -0.478 e. The van der Waals surface area contributed by atoms with Gasteiger partial charge in [0.1, 0.15) is 6.54 Å². The number of carbonyl (C=O) groups excluding carboxylic acids is 1. The number of carboxylic acids is 1. The molecule has 0 fully saturated rings. The smallest absolute Gasteiger partial charge is 0.337 e. The van der Waals surface area contributed by atoms with Crippen LogP contribution in [0.4, 0.5) is 0 Å². The number of hydrogen-bond donors (Lipinski definition) is 2. The molecule has 1 amide bonds. The molecule has 0 aromatic carbocycles. The third kappa shape index (κ3) is 2.60. The Labute approximate surface area is 92.8 Å². The highest BCUT2D eigenvalue weighted by Crippen LogP contribution is 2.12. The number of hydrogen-bond acceptors (Lipinski definition) is 3. The van der Waals surface area contributed by atoms with E-state index in [1.165, 1.54) is 20.2 Å². The molecular weight excluding hydrogens is 212 g/mol. The first-order valence-corrected chi connectivity index (χ1v) is 4.71. The van der Waals surface area contributed by atoms with E-state index < -0.39 is 5.97 Å². The van der Waals surface area contributed by atoms with Gasteiger partial charge in [0.2, 0.25) is 5.91 Å². The number of nitrogens with zero attached hydrogens (tertiary/aromatic N) is 1. The Hall–Kier alpha value is -1.82. The molecule has 0 bridgehead atoms. The van der Waals surface area contributed by atoms with Crippen molar-refractivity contribution in [3.05, 3.63) is 23.5 Å². The van der Waals surface area contributed by atoms with Gasteiger partial charge in [0.05, 0.1) is 17.9 Å². The summed E-state index contributed by atoms with van der Waals surface area (Å²) >= 11 is 0. The van der Waals surface area contributed by atoms with Crippen molar-refractivity contribution in [3.63, 3.8) is 0 Å². The lowest BCUT2D eigenvalue weighted by molar-refractivity contribution is -0.121. The average molecular weight is 226 g/mol. The van der Waals surface area contributed by atoms with Crippen LogP contribution >= 0.6 is 0 Å². The quantitative estimate of drug-likeness (QED) is 0.745. The van der Waals surface area contributed by atoms with Gasteiger partial charge >= 0.3 is 5.97 Å². The van der Waals surface area contributed by atoms with Crippen molar-refractivity contribution < 1.29 is 19.4 Å². The number of carbonyl (C=O) groups is 2. The lowest BCUT2D eigenvalue weighted by atomic mass is 10.2. The number of aromatic nitrogens is 1. The average Bonchev–Trinajstić information content (AvgIpc) is 2.62. The maximum Gasteiger partial charge on any atom is 0.337 e. The monoisotopic (exact) mass is 226 g/mol. The Kier molecular flexibility index (Phi) is 4.07. The van der Waals surface area contributed by atoms with Crippen LogP contribution in [-0.2, 0) is 22.7 Å². The molecule has 0 saturated heterocycles. The molecule has 2 N–H and O–H groups in total. The van der Waals surface area contributed by atoms with Crippen LogP contribution in [0.1, 0.15) is 16.1 Å². The van der Waals surface area contributed by atoms with Gasteiger partial charge in [0.25, 0.3) is 0 Å². The summed E-state index contributed by atoms with van der Waals surface area (Å²) in [4.78, 5) is 22.1. The van der Waals surface area contributed by atoms with Crippen molar-refractivity contribution in [1.82, 2.24) is 9.88 Å². The van der Waals surface area contributed by atoms with Crippen molar-refractivity contribution >= 4 is 11.9 Å². The highest BCUT2D eigenvalue weighted by atomic mass is 16.5. The number of nitrogens with one attached hydrogen (secondary N) is 1. The second-order valence-corrected chi connectivity index (χ2v) is 3.22. The maximum absolute atomic E-state index is 11.2. The molecule has 0 aliphatic carbocycles. The number of aromatic carboxylic acids is 1. The van der Waals surface area contributed by atoms with E-state index in [0.29, 0.717) is 5.69 Å². The first kappa shape index (κ1) is 12.3. The summed E-state index contributed by atoms with van der Waals surface area (Å²) in [7, 11) is 3.00. The van der Waals surface area contributed by atoms with Gasteiger partial charge < -0.3 is 19.7 Å². The van der Waals surface area contributed by atoms with Crippen LogP contribution in [0.25, 0.3) is 0 Å². The molecule has 6 nitrogen and oxygen atoms in total. The van der Waals surface area contributed by atoms with Gasteiger partial charge in [0, 0.05) is 20.4 Å². The van der Waals surface area contributed by atoms with Crippen molar-refractivity contribution in [3.8, 4) is 0 Å². The molecule has 0 saturated carbocycles. The van der Waals surface area contributed by atoms with E-state index in [1.807, 2.05) is 0 Å². The van der Waals surface area contributed by atoms with Gasteiger partial charge in [-0.3, -0.25) is 4.79 Å². The van der Waals surface area contributed by atoms with Crippen LogP contribution in [0.3, 0.4) is 0 Å². The number of rotatable bonds is 5. The Morgan fingerprint density at radius 2 is 2.25 bits per heavy atom. The van der Waals surface area contributed by atoms with E-state index in [9.17, 15) is 9.59 Å². The van der Waals surface area contributed by atoms with E-state index in [2.05, 4.69) is 5.32 Å². The molecule has 0 unspecified atom stereocenters. The number of methoxy groups -OCH3 is 1. The lowest BCUT2D eigenvalue weighted by Crippen LogP contribution is -2.24. The third-order valence-electron chi connectivity index (χ3n) is 2.18. The molecule has 6 heteroatoms. The standard InChI is InChI=1S/C10H14N2O4/c1-11-9(13)5-12-4-3-7(10(14)15)8(12)6-16-2/h3-4H,5-6H2,1-2H3,(H,11,13)(H,14,15). The number of likely N-dealkylation sites (N-methyl/N-ethyl adjacent to an activating group) is 1. The molecule has 1 heterocycles. The Balaban J connectivity index is 2.99. The first-order valence-electron chi connectivity index (χ1n) is 4.71. The Morgan fingerprint density at radius 1 is 1.56 bits per heavy atom. The van der Waals surface area contributed by atoms with Gasteiger partial charge in [-0.1, -0.05) is 0 Å². The third-order valence-corrected chi connectivity index (χ3v) is 2.18. The van der Waals surface area contributed by atoms with Gasteiger partial charge in [-0.05, 0) is 6.07 Å². The summed E-state index contributed by atoms with van der Waals surface area (Å²) in [6.45, 7) is 0.244. The lowest BCUT2D eigenvalue weighted by Gasteiger charge is -2.08. The zero-order chi connectivity index (χ0) is 12.1. The molecule has 0 atom stereocenters. The van der Waals surface area contributed by atoms with Crippen LogP contribution in [0.5, 0.6) is 0 Å². The van der Waals surface area contributed by atoms with Crippen LogP contribution in [0, 0.1) is 0 Å². The van der Waals surface area contributed by atoms with Gasteiger partial charge in [-0.2, -0.15) is 0 Å². The first-order chi connectivity index (χ1) is 7.60. The summed E-state index contributed by atoms with van der Waals surface area (Å²) in [6.07, 6.45) is 1.56. The fraction of sp³-hybridized carbons (Fsp3) is 0.400. The minimum absolute atomic E-state index is 0.0858. The zero-order valence-corrected chi connectivity index (χ0v) is 9.19. The molecule has 1 rings (SSSR count). The predicted octanol–water partition coefficient (Wildman–Crippen LogP) is 0.0787. The van der Waals surface area contributed by atoms with Crippen LogP contribution in [0.15, 0.2) is 12.3 Å². The molecule has 1 aromatic heterocycles. The normalized spacial score (nSPS) is 10.1. The number of ether oxygens (including phenoxy) is 1. The van der Waals surface area contributed by atoms with Crippen LogP contribution in [-0.4, -0.2) is 35.7 Å². The molecular formula is C10H14N2O4. The topological polar surface area (TPSA) is 80.6 Å². The molecule has 0 aliphatic heterocycles.